The number of hydrogen-bond acceptors (Lipinski definition) is 6. The first kappa shape index (κ1) is 22.8. The summed E-state index contributed by atoms with van der Waals surface area (Å²) in [5.74, 6) is 1.08. The van der Waals surface area contributed by atoms with E-state index in [1.807, 2.05) is 13.0 Å². The van der Waals surface area contributed by atoms with Gasteiger partial charge in [0.15, 0.2) is 16.6 Å². The van der Waals surface area contributed by atoms with Crippen molar-refractivity contribution in [1.29, 1.82) is 0 Å². The van der Waals surface area contributed by atoms with Gasteiger partial charge in [0.1, 0.15) is 6.61 Å². The molecular weight excluding hydrogens is 404 g/mol. The summed E-state index contributed by atoms with van der Waals surface area (Å²) in [6.45, 7) is 6.60. The van der Waals surface area contributed by atoms with E-state index in [1.165, 1.54) is 12.1 Å². The molecule has 2 aromatic carbocycles. The number of hydrogen-bond donors (Lipinski definition) is 2. The van der Waals surface area contributed by atoms with Crippen LogP contribution in [0.4, 0.5) is 5.69 Å². The second-order valence-corrected chi connectivity index (χ2v) is 6.56. The Morgan fingerprint density at radius 2 is 2.17 bits per heavy atom. The number of benzene rings is 2. The number of rotatable bonds is 10. The van der Waals surface area contributed by atoms with Crippen molar-refractivity contribution >= 4 is 29.2 Å². The zero-order valence-electron chi connectivity index (χ0n) is 16.9. The minimum absolute atomic E-state index is 0.0175. The van der Waals surface area contributed by atoms with Gasteiger partial charge in [0.05, 0.1) is 18.2 Å². The van der Waals surface area contributed by atoms with Crippen LogP contribution < -0.4 is 20.2 Å². The minimum Gasteiger partial charge on any atom is -0.493 e. The molecule has 0 aliphatic heterocycles. The average molecular weight is 429 g/mol. The molecule has 0 aliphatic carbocycles. The van der Waals surface area contributed by atoms with Crippen LogP contribution >= 0.6 is 12.2 Å². The SMILES string of the molecule is C=CCc1cc(/C=N\NC(=S)NCC)cc(OC)c1OCc1cccc([N+](=O)[O-])c1. The minimum atomic E-state index is -0.433. The highest BCUT2D eigenvalue weighted by Gasteiger charge is 2.14. The predicted molar refractivity (Wildman–Crippen MR) is 121 cm³/mol. The van der Waals surface area contributed by atoms with E-state index in [0.29, 0.717) is 35.1 Å². The van der Waals surface area contributed by atoms with Gasteiger partial charge >= 0.3 is 0 Å². The second-order valence-electron chi connectivity index (χ2n) is 6.15. The van der Waals surface area contributed by atoms with Crippen LogP contribution in [-0.2, 0) is 13.0 Å². The number of thiocarbonyl (C=S) groups is 1. The largest absolute Gasteiger partial charge is 0.493 e. The molecular formula is C21H24N4O4S. The molecule has 0 aromatic heterocycles. The lowest BCUT2D eigenvalue weighted by Crippen LogP contribution is -2.31. The molecule has 2 N–H and O–H groups in total. The van der Waals surface area contributed by atoms with Gasteiger partial charge in [0.2, 0.25) is 0 Å². The summed E-state index contributed by atoms with van der Waals surface area (Å²) >= 11 is 5.08. The van der Waals surface area contributed by atoms with Crippen molar-refractivity contribution in [2.75, 3.05) is 13.7 Å². The van der Waals surface area contributed by atoms with Crippen molar-refractivity contribution in [3.05, 3.63) is 75.9 Å². The van der Waals surface area contributed by atoms with Gasteiger partial charge in [-0.15, -0.1) is 6.58 Å². The summed E-state index contributed by atoms with van der Waals surface area (Å²) in [5.41, 5.74) is 5.08. The van der Waals surface area contributed by atoms with Gasteiger partial charge in [-0.2, -0.15) is 5.10 Å². The van der Waals surface area contributed by atoms with Gasteiger partial charge in [0, 0.05) is 24.2 Å². The van der Waals surface area contributed by atoms with Gasteiger partial charge in [-0.1, -0.05) is 18.2 Å². The third-order valence-corrected chi connectivity index (χ3v) is 4.20. The van der Waals surface area contributed by atoms with Crippen LogP contribution in [0.1, 0.15) is 23.6 Å². The van der Waals surface area contributed by atoms with Crippen molar-refractivity contribution in [1.82, 2.24) is 10.7 Å². The fourth-order valence-electron chi connectivity index (χ4n) is 2.66. The maximum atomic E-state index is 11.0. The molecule has 0 bridgehead atoms. The molecule has 0 heterocycles. The van der Waals surface area contributed by atoms with Crippen LogP contribution in [0.3, 0.4) is 0 Å². The molecule has 0 aliphatic rings. The molecule has 0 radical (unpaired) electrons. The number of nitrogens with one attached hydrogen (secondary N) is 2. The Labute approximate surface area is 180 Å². The number of nitro benzene ring substituents is 1. The van der Waals surface area contributed by atoms with Gasteiger partial charge in [-0.25, -0.2) is 0 Å². The molecule has 2 aromatic rings. The quantitative estimate of drug-likeness (QED) is 0.196. The van der Waals surface area contributed by atoms with Crippen LogP contribution in [0.25, 0.3) is 0 Å². The second kappa shape index (κ2) is 11.5. The Kier molecular flexibility index (Phi) is 8.76. The number of nitro groups is 1. The zero-order valence-corrected chi connectivity index (χ0v) is 17.7. The maximum Gasteiger partial charge on any atom is 0.269 e. The normalized spacial score (nSPS) is 10.5. The lowest BCUT2D eigenvalue weighted by Gasteiger charge is -2.16. The van der Waals surface area contributed by atoms with Crippen LogP contribution in [0.5, 0.6) is 11.5 Å². The third kappa shape index (κ3) is 6.56. The van der Waals surface area contributed by atoms with Gasteiger partial charge in [-0.3, -0.25) is 15.5 Å². The van der Waals surface area contributed by atoms with Crippen LogP contribution in [0, 0.1) is 10.1 Å². The van der Waals surface area contributed by atoms with Gasteiger partial charge in [0.25, 0.3) is 5.69 Å². The average Bonchev–Trinajstić information content (AvgIpc) is 2.73. The summed E-state index contributed by atoms with van der Waals surface area (Å²) in [6, 6.07) is 10.0. The Hall–Kier alpha value is -3.46. The topological polar surface area (TPSA) is 98.0 Å². The molecule has 0 saturated carbocycles. The number of methoxy groups -OCH3 is 1. The molecule has 9 heteroatoms. The van der Waals surface area contributed by atoms with E-state index in [-0.39, 0.29) is 12.3 Å². The molecule has 0 fully saturated rings. The zero-order chi connectivity index (χ0) is 21.9. The number of nitrogens with zero attached hydrogens (tertiary/aromatic N) is 2. The molecule has 0 unspecified atom stereocenters. The Bertz CT molecular complexity index is 947. The predicted octanol–water partition coefficient (Wildman–Crippen LogP) is 3.73. The molecule has 0 atom stereocenters. The molecule has 0 spiro atoms. The van der Waals surface area contributed by atoms with E-state index in [1.54, 1.807) is 37.6 Å². The van der Waals surface area contributed by atoms with E-state index >= 15 is 0 Å². The van der Waals surface area contributed by atoms with Crippen molar-refractivity contribution < 1.29 is 14.4 Å². The lowest BCUT2D eigenvalue weighted by atomic mass is 10.1. The van der Waals surface area contributed by atoms with Crippen LogP contribution in [-0.4, -0.2) is 29.9 Å². The number of ether oxygens (including phenoxy) is 2. The van der Waals surface area contributed by atoms with Crippen LogP contribution in [0.2, 0.25) is 0 Å². The third-order valence-electron chi connectivity index (χ3n) is 3.96. The molecule has 0 amide bonds. The summed E-state index contributed by atoms with van der Waals surface area (Å²) in [6.07, 6.45) is 3.93. The molecule has 0 saturated heterocycles. The summed E-state index contributed by atoms with van der Waals surface area (Å²) in [7, 11) is 1.55. The Balaban J connectivity index is 2.24. The number of non-ortho nitro benzene ring substituents is 1. The Morgan fingerprint density at radius 1 is 1.37 bits per heavy atom. The highest BCUT2D eigenvalue weighted by Crippen LogP contribution is 2.34. The summed E-state index contributed by atoms with van der Waals surface area (Å²) in [5, 5.41) is 18.5. The fourth-order valence-corrected chi connectivity index (χ4v) is 2.86. The van der Waals surface area contributed by atoms with E-state index in [4.69, 9.17) is 21.7 Å². The molecule has 158 valence electrons. The van der Waals surface area contributed by atoms with Crippen molar-refractivity contribution in [3.8, 4) is 11.5 Å². The summed E-state index contributed by atoms with van der Waals surface area (Å²) in [4.78, 5) is 10.5. The smallest absolute Gasteiger partial charge is 0.269 e. The van der Waals surface area contributed by atoms with Crippen molar-refractivity contribution in [2.45, 2.75) is 20.0 Å². The summed E-state index contributed by atoms with van der Waals surface area (Å²) < 4.78 is 11.5. The van der Waals surface area contributed by atoms with Gasteiger partial charge < -0.3 is 14.8 Å². The first-order valence-corrected chi connectivity index (χ1v) is 9.64. The molecule has 8 nitrogen and oxygen atoms in total. The van der Waals surface area contributed by atoms with Crippen molar-refractivity contribution in [2.24, 2.45) is 5.10 Å². The number of hydrazone groups is 1. The fraction of sp³-hybridized carbons (Fsp3) is 0.238. The first-order valence-electron chi connectivity index (χ1n) is 9.23. The van der Waals surface area contributed by atoms with E-state index in [9.17, 15) is 10.1 Å². The van der Waals surface area contributed by atoms with Crippen LogP contribution in [0.15, 0.2) is 54.2 Å². The standard InChI is InChI=1S/C21H24N4O4S/c1-4-7-17-10-16(13-23-24-21(30)22-5-2)12-19(28-3)20(17)29-14-15-8-6-9-18(11-15)25(26)27/h4,6,8-13H,1,5,7,14H2,2-3H3,(H2,22,24,30)/b23-13-. The van der Waals surface area contributed by atoms with E-state index in [0.717, 1.165) is 11.1 Å². The van der Waals surface area contributed by atoms with Gasteiger partial charge in [-0.05, 0) is 48.8 Å². The highest BCUT2D eigenvalue weighted by atomic mass is 32.1. The van der Waals surface area contributed by atoms with E-state index in [2.05, 4.69) is 22.4 Å². The monoisotopic (exact) mass is 428 g/mol. The number of allylic oxidation sites excluding steroid dienone is 1. The van der Waals surface area contributed by atoms with E-state index < -0.39 is 4.92 Å². The highest BCUT2D eigenvalue weighted by molar-refractivity contribution is 7.80. The lowest BCUT2D eigenvalue weighted by molar-refractivity contribution is -0.384. The molecule has 2 rings (SSSR count). The maximum absolute atomic E-state index is 11.0. The van der Waals surface area contributed by atoms with Crippen molar-refractivity contribution in [3.63, 3.8) is 0 Å². The first-order chi connectivity index (χ1) is 14.5. The Morgan fingerprint density at radius 3 is 2.83 bits per heavy atom. The molecule has 30 heavy (non-hydrogen) atoms.